The lowest BCUT2D eigenvalue weighted by atomic mass is 9.92. The number of aromatic nitrogens is 2. The Balaban J connectivity index is 1.66. The second-order valence-corrected chi connectivity index (χ2v) is 6.86. The number of carbonyl (C=O) groups is 2. The summed E-state index contributed by atoms with van der Waals surface area (Å²) in [5.41, 5.74) is 1.31. The van der Waals surface area contributed by atoms with E-state index in [1.165, 1.54) is 0 Å². The van der Waals surface area contributed by atoms with Gasteiger partial charge in [0.05, 0.1) is 24.7 Å². The molecular formula is C19H21N5O4. The fourth-order valence-corrected chi connectivity index (χ4v) is 3.44. The van der Waals surface area contributed by atoms with E-state index in [0.717, 1.165) is 5.56 Å². The Hall–Kier alpha value is -3.20. The van der Waals surface area contributed by atoms with Gasteiger partial charge in [-0.15, -0.1) is 0 Å². The second-order valence-electron chi connectivity index (χ2n) is 6.86. The zero-order valence-corrected chi connectivity index (χ0v) is 15.4. The fraction of sp³-hybridized carbons (Fsp3) is 0.368. The third-order valence-electron chi connectivity index (χ3n) is 4.97. The van der Waals surface area contributed by atoms with Crippen LogP contribution in [-0.4, -0.2) is 48.1 Å². The number of nitrogens with zero attached hydrogens (tertiary/aromatic N) is 2. The lowest BCUT2D eigenvalue weighted by Crippen LogP contribution is -2.41. The molecule has 0 saturated carbocycles. The normalized spacial score (nSPS) is 19.0. The fourth-order valence-electron chi connectivity index (χ4n) is 3.44. The molecule has 2 amide bonds. The molecule has 1 aromatic carbocycles. The Morgan fingerprint density at radius 3 is 2.75 bits per heavy atom. The monoisotopic (exact) mass is 383 g/mol. The SMILES string of the molecule is Cc1ccccc1NC(=O)[C@@H]1CC(=O)Nc2nc(N3CCOCC3)[nH]c(=O)c21. The van der Waals surface area contributed by atoms with Crippen LogP contribution in [-0.2, 0) is 14.3 Å². The predicted molar refractivity (Wildman–Crippen MR) is 104 cm³/mol. The molecule has 0 aliphatic carbocycles. The molecule has 0 unspecified atom stereocenters. The van der Waals surface area contributed by atoms with Crippen molar-refractivity contribution in [2.45, 2.75) is 19.3 Å². The third-order valence-corrected chi connectivity index (χ3v) is 4.97. The Kier molecular flexibility index (Phi) is 4.82. The average molecular weight is 383 g/mol. The first-order valence-corrected chi connectivity index (χ1v) is 9.16. The molecular weight excluding hydrogens is 362 g/mol. The lowest BCUT2D eigenvalue weighted by Gasteiger charge is -2.29. The molecule has 2 aliphatic rings. The summed E-state index contributed by atoms with van der Waals surface area (Å²) in [6.07, 6.45) is -0.105. The first kappa shape index (κ1) is 18.2. The van der Waals surface area contributed by atoms with Gasteiger partial charge in [-0.05, 0) is 18.6 Å². The van der Waals surface area contributed by atoms with Gasteiger partial charge in [0.15, 0.2) is 0 Å². The van der Waals surface area contributed by atoms with Gasteiger partial charge in [0.2, 0.25) is 17.8 Å². The average Bonchev–Trinajstić information content (AvgIpc) is 2.69. The number of carbonyl (C=O) groups excluding carboxylic acids is 2. The number of nitrogens with one attached hydrogen (secondary N) is 3. The van der Waals surface area contributed by atoms with Crippen molar-refractivity contribution in [1.29, 1.82) is 0 Å². The molecule has 9 nitrogen and oxygen atoms in total. The molecule has 0 bridgehead atoms. The Morgan fingerprint density at radius 2 is 2.00 bits per heavy atom. The van der Waals surface area contributed by atoms with Crippen LogP contribution in [0.15, 0.2) is 29.1 Å². The van der Waals surface area contributed by atoms with Crippen molar-refractivity contribution in [2.75, 3.05) is 41.8 Å². The van der Waals surface area contributed by atoms with E-state index in [9.17, 15) is 14.4 Å². The minimum Gasteiger partial charge on any atom is -0.378 e. The van der Waals surface area contributed by atoms with Crippen molar-refractivity contribution in [1.82, 2.24) is 9.97 Å². The van der Waals surface area contributed by atoms with Gasteiger partial charge in [-0.25, -0.2) is 0 Å². The summed E-state index contributed by atoms with van der Waals surface area (Å²) >= 11 is 0. The number of aromatic amines is 1. The number of hydrogen-bond donors (Lipinski definition) is 3. The van der Waals surface area contributed by atoms with Gasteiger partial charge in [0, 0.05) is 25.2 Å². The summed E-state index contributed by atoms with van der Waals surface area (Å²) in [7, 11) is 0. The van der Waals surface area contributed by atoms with Crippen LogP contribution in [0.5, 0.6) is 0 Å². The molecule has 0 radical (unpaired) electrons. The minimum atomic E-state index is -0.904. The van der Waals surface area contributed by atoms with Gasteiger partial charge in [-0.2, -0.15) is 4.98 Å². The van der Waals surface area contributed by atoms with Crippen LogP contribution in [0.2, 0.25) is 0 Å². The summed E-state index contributed by atoms with van der Waals surface area (Å²) in [6.45, 7) is 4.13. The van der Waals surface area contributed by atoms with Crippen LogP contribution in [0.1, 0.15) is 23.5 Å². The zero-order chi connectivity index (χ0) is 19.7. The van der Waals surface area contributed by atoms with Gasteiger partial charge >= 0.3 is 0 Å². The van der Waals surface area contributed by atoms with E-state index in [0.29, 0.717) is 37.9 Å². The topological polar surface area (TPSA) is 116 Å². The second kappa shape index (κ2) is 7.43. The summed E-state index contributed by atoms with van der Waals surface area (Å²) in [5.74, 6) is -1.14. The number of benzene rings is 1. The number of para-hydroxylation sites is 1. The summed E-state index contributed by atoms with van der Waals surface area (Å²) in [5, 5.41) is 5.45. The van der Waals surface area contributed by atoms with E-state index in [4.69, 9.17) is 4.74 Å². The zero-order valence-electron chi connectivity index (χ0n) is 15.4. The number of hydrogen-bond acceptors (Lipinski definition) is 6. The predicted octanol–water partition coefficient (Wildman–Crippen LogP) is 0.979. The van der Waals surface area contributed by atoms with Gasteiger partial charge in [-0.3, -0.25) is 19.4 Å². The molecule has 2 aliphatic heterocycles. The summed E-state index contributed by atoms with van der Waals surface area (Å²) in [4.78, 5) is 46.9. The van der Waals surface area contributed by atoms with Crippen molar-refractivity contribution in [3.63, 3.8) is 0 Å². The number of aryl methyl sites for hydroxylation is 1. The first-order valence-electron chi connectivity index (χ1n) is 9.16. The van der Waals surface area contributed by atoms with Crippen LogP contribution in [0.4, 0.5) is 17.5 Å². The van der Waals surface area contributed by atoms with Gasteiger partial charge in [0.1, 0.15) is 5.82 Å². The molecule has 2 aromatic rings. The number of amides is 2. The molecule has 28 heavy (non-hydrogen) atoms. The van der Waals surface area contributed by atoms with Crippen LogP contribution < -0.4 is 21.1 Å². The standard InChI is InChI=1S/C19H21N5O4/c1-11-4-2-3-5-13(11)20-17(26)12-10-14(25)21-16-15(12)18(27)23-19(22-16)24-6-8-28-9-7-24/h2-5,12H,6-10H2,1H3,(H,20,26)(H2,21,22,23,25,27)/t12-/m1/s1. The molecule has 1 saturated heterocycles. The molecule has 146 valence electrons. The number of fused-ring (bicyclic) bond motifs is 1. The minimum absolute atomic E-state index is 0.105. The number of anilines is 3. The third kappa shape index (κ3) is 3.48. The maximum atomic E-state index is 12.9. The maximum Gasteiger partial charge on any atom is 0.258 e. The Labute approximate surface area is 161 Å². The maximum absolute atomic E-state index is 12.9. The van der Waals surface area contributed by atoms with E-state index >= 15 is 0 Å². The molecule has 1 aromatic heterocycles. The molecule has 0 spiro atoms. The Bertz CT molecular complexity index is 981. The van der Waals surface area contributed by atoms with Gasteiger partial charge in [0.25, 0.3) is 5.56 Å². The van der Waals surface area contributed by atoms with Crippen molar-refractivity contribution in [3.05, 3.63) is 45.7 Å². The highest BCUT2D eigenvalue weighted by Crippen LogP contribution is 2.30. The number of morpholine rings is 1. The summed E-state index contributed by atoms with van der Waals surface area (Å²) < 4.78 is 5.31. The van der Waals surface area contributed by atoms with E-state index in [2.05, 4.69) is 20.6 Å². The number of ether oxygens (including phenoxy) is 1. The highest BCUT2D eigenvalue weighted by molar-refractivity contribution is 6.04. The van der Waals surface area contributed by atoms with E-state index in [-0.39, 0.29) is 23.7 Å². The van der Waals surface area contributed by atoms with E-state index in [1.807, 2.05) is 30.0 Å². The molecule has 3 heterocycles. The van der Waals surface area contributed by atoms with Crippen LogP contribution in [0.25, 0.3) is 0 Å². The molecule has 3 N–H and O–H groups in total. The number of H-pyrrole nitrogens is 1. The van der Waals surface area contributed by atoms with Gasteiger partial charge in [-0.1, -0.05) is 18.2 Å². The van der Waals surface area contributed by atoms with E-state index < -0.39 is 17.4 Å². The Morgan fingerprint density at radius 1 is 1.25 bits per heavy atom. The quantitative estimate of drug-likeness (QED) is 0.728. The van der Waals surface area contributed by atoms with Crippen molar-refractivity contribution < 1.29 is 14.3 Å². The molecule has 1 atom stereocenters. The highest BCUT2D eigenvalue weighted by Gasteiger charge is 2.35. The van der Waals surface area contributed by atoms with Crippen LogP contribution >= 0.6 is 0 Å². The molecule has 4 rings (SSSR count). The lowest BCUT2D eigenvalue weighted by molar-refractivity contribution is -0.123. The van der Waals surface area contributed by atoms with Crippen molar-refractivity contribution >= 4 is 29.3 Å². The van der Waals surface area contributed by atoms with Crippen LogP contribution in [0.3, 0.4) is 0 Å². The smallest absolute Gasteiger partial charge is 0.258 e. The molecule has 1 fully saturated rings. The van der Waals surface area contributed by atoms with Crippen molar-refractivity contribution in [2.24, 2.45) is 0 Å². The van der Waals surface area contributed by atoms with Gasteiger partial charge < -0.3 is 20.3 Å². The van der Waals surface area contributed by atoms with Crippen LogP contribution in [0, 0.1) is 6.92 Å². The van der Waals surface area contributed by atoms with E-state index in [1.54, 1.807) is 6.07 Å². The largest absolute Gasteiger partial charge is 0.378 e. The molecule has 9 heteroatoms. The first-order chi connectivity index (χ1) is 13.5. The van der Waals surface area contributed by atoms with Crippen molar-refractivity contribution in [3.8, 4) is 0 Å². The number of rotatable bonds is 3. The summed E-state index contributed by atoms with van der Waals surface area (Å²) in [6, 6.07) is 7.34. The highest BCUT2D eigenvalue weighted by atomic mass is 16.5.